The van der Waals surface area contributed by atoms with Gasteiger partial charge in [-0.1, -0.05) is 12.1 Å². The van der Waals surface area contributed by atoms with E-state index in [1.807, 2.05) is 11.8 Å². The lowest BCUT2D eigenvalue weighted by Crippen LogP contribution is -2.38. The Balaban J connectivity index is 1.84. The summed E-state index contributed by atoms with van der Waals surface area (Å²) in [6.45, 7) is 0. The average Bonchev–Trinajstić information content (AvgIpc) is 2.39. The maximum Gasteiger partial charge on any atom is 0.223 e. The second-order valence-electron chi connectivity index (χ2n) is 4.76. The van der Waals surface area contributed by atoms with Crippen molar-refractivity contribution in [2.24, 2.45) is 0 Å². The molecule has 1 aromatic rings. The van der Waals surface area contributed by atoms with Crippen molar-refractivity contribution >= 4 is 17.7 Å². The highest BCUT2D eigenvalue weighted by Gasteiger charge is 2.19. The van der Waals surface area contributed by atoms with Gasteiger partial charge in [0, 0.05) is 11.8 Å². The number of carbonyl (C=O) groups excluding carboxylic acids is 1. The van der Waals surface area contributed by atoms with Crippen molar-refractivity contribution in [2.45, 2.75) is 31.4 Å². The molecule has 104 valence electrons. The molecule has 0 bridgehead atoms. The monoisotopic (exact) mass is 283 g/mol. The fourth-order valence-corrected chi connectivity index (χ4v) is 3.22. The number of thioether (sulfide) groups is 1. The molecule has 1 fully saturated rings. The highest BCUT2D eigenvalue weighted by molar-refractivity contribution is 7.99. The predicted molar refractivity (Wildman–Crippen MR) is 74.5 cm³/mol. The molecule has 1 aromatic carbocycles. The van der Waals surface area contributed by atoms with Crippen LogP contribution in [-0.4, -0.2) is 28.6 Å². The second-order valence-corrected chi connectivity index (χ2v) is 5.91. The lowest BCUT2D eigenvalue weighted by molar-refractivity contribution is -0.123. The molecule has 1 heterocycles. The molecule has 3 nitrogen and oxygen atoms in total. The SMILES string of the molecule is O=C(CC(O)c1cccc(F)c1)NC1CCCSC1. The highest BCUT2D eigenvalue weighted by atomic mass is 32.2. The summed E-state index contributed by atoms with van der Waals surface area (Å²) in [5, 5.41) is 12.8. The van der Waals surface area contributed by atoms with E-state index >= 15 is 0 Å². The van der Waals surface area contributed by atoms with E-state index in [2.05, 4.69) is 5.32 Å². The Morgan fingerprint density at radius 1 is 1.58 bits per heavy atom. The summed E-state index contributed by atoms with van der Waals surface area (Å²) in [7, 11) is 0. The molecular formula is C14H18FNO2S. The van der Waals surface area contributed by atoms with Gasteiger partial charge in [0.2, 0.25) is 5.91 Å². The summed E-state index contributed by atoms with van der Waals surface area (Å²) >= 11 is 1.84. The van der Waals surface area contributed by atoms with Gasteiger partial charge in [-0.3, -0.25) is 4.79 Å². The molecule has 0 radical (unpaired) electrons. The fourth-order valence-electron chi connectivity index (χ4n) is 2.15. The fraction of sp³-hybridized carbons (Fsp3) is 0.500. The lowest BCUT2D eigenvalue weighted by atomic mass is 10.1. The first-order valence-electron chi connectivity index (χ1n) is 6.46. The molecule has 1 amide bonds. The molecule has 0 spiro atoms. The number of hydrogen-bond donors (Lipinski definition) is 2. The molecule has 1 aliphatic rings. The Morgan fingerprint density at radius 3 is 3.11 bits per heavy atom. The Bertz CT molecular complexity index is 435. The van der Waals surface area contributed by atoms with Crippen LogP contribution in [-0.2, 0) is 4.79 Å². The summed E-state index contributed by atoms with van der Waals surface area (Å²) in [4.78, 5) is 11.8. The minimum atomic E-state index is -0.952. The van der Waals surface area contributed by atoms with Crippen LogP contribution < -0.4 is 5.32 Å². The number of amides is 1. The quantitative estimate of drug-likeness (QED) is 0.891. The van der Waals surface area contributed by atoms with Gasteiger partial charge in [-0.05, 0) is 36.3 Å². The van der Waals surface area contributed by atoms with Crippen LogP contribution in [0.5, 0.6) is 0 Å². The van der Waals surface area contributed by atoms with Crippen molar-refractivity contribution in [3.8, 4) is 0 Å². The molecule has 0 aliphatic carbocycles. The smallest absolute Gasteiger partial charge is 0.223 e. The maximum absolute atomic E-state index is 13.0. The molecule has 1 aliphatic heterocycles. The second kappa shape index (κ2) is 6.91. The molecule has 2 atom stereocenters. The number of nitrogens with one attached hydrogen (secondary N) is 1. The van der Waals surface area contributed by atoms with E-state index in [-0.39, 0.29) is 18.4 Å². The third-order valence-corrected chi connectivity index (χ3v) is 4.35. The van der Waals surface area contributed by atoms with Gasteiger partial charge in [0.25, 0.3) is 0 Å². The molecule has 2 unspecified atom stereocenters. The standard InChI is InChI=1S/C14H18FNO2S/c15-11-4-1-3-10(7-11)13(17)8-14(18)16-12-5-2-6-19-9-12/h1,3-4,7,12-13,17H,2,5-6,8-9H2,(H,16,18). The highest BCUT2D eigenvalue weighted by Crippen LogP contribution is 2.19. The number of benzene rings is 1. The van der Waals surface area contributed by atoms with Gasteiger partial charge in [0.15, 0.2) is 0 Å². The Morgan fingerprint density at radius 2 is 2.42 bits per heavy atom. The van der Waals surface area contributed by atoms with Crippen molar-refractivity contribution in [3.63, 3.8) is 0 Å². The van der Waals surface area contributed by atoms with Gasteiger partial charge in [-0.25, -0.2) is 4.39 Å². The van der Waals surface area contributed by atoms with Crippen LogP contribution >= 0.6 is 11.8 Å². The van der Waals surface area contributed by atoms with E-state index in [0.29, 0.717) is 5.56 Å². The minimum absolute atomic E-state index is 0.0232. The zero-order valence-electron chi connectivity index (χ0n) is 10.6. The van der Waals surface area contributed by atoms with Crippen molar-refractivity contribution < 1.29 is 14.3 Å². The number of aliphatic hydroxyl groups is 1. The van der Waals surface area contributed by atoms with Gasteiger partial charge in [-0.15, -0.1) is 0 Å². The zero-order chi connectivity index (χ0) is 13.7. The number of halogens is 1. The first-order chi connectivity index (χ1) is 9.15. The van der Waals surface area contributed by atoms with Crippen LogP contribution in [0.15, 0.2) is 24.3 Å². The number of carbonyl (C=O) groups is 1. The van der Waals surface area contributed by atoms with E-state index in [0.717, 1.165) is 24.3 Å². The van der Waals surface area contributed by atoms with E-state index in [1.165, 1.54) is 18.2 Å². The molecule has 5 heteroatoms. The van der Waals surface area contributed by atoms with E-state index < -0.39 is 11.9 Å². The van der Waals surface area contributed by atoms with Crippen molar-refractivity contribution in [1.82, 2.24) is 5.32 Å². The van der Waals surface area contributed by atoms with E-state index in [1.54, 1.807) is 6.07 Å². The molecule has 2 rings (SSSR count). The Labute approximate surface area is 116 Å². The van der Waals surface area contributed by atoms with E-state index in [9.17, 15) is 14.3 Å². The van der Waals surface area contributed by atoms with Crippen LogP contribution in [0.2, 0.25) is 0 Å². The topological polar surface area (TPSA) is 49.3 Å². The van der Waals surface area contributed by atoms with Crippen LogP contribution in [0.25, 0.3) is 0 Å². The van der Waals surface area contributed by atoms with Gasteiger partial charge in [0.05, 0.1) is 12.5 Å². The molecule has 0 saturated carbocycles. The van der Waals surface area contributed by atoms with Crippen LogP contribution in [0.4, 0.5) is 4.39 Å². The summed E-state index contributed by atoms with van der Waals surface area (Å²) in [6, 6.07) is 5.93. The summed E-state index contributed by atoms with van der Waals surface area (Å²) in [6.07, 6.45) is 1.13. The third-order valence-electron chi connectivity index (χ3n) is 3.14. The summed E-state index contributed by atoms with van der Waals surface area (Å²) in [5.41, 5.74) is 0.438. The molecule has 0 aromatic heterocycles. The average molecular weight is 283 g/mol. The predicted octanol–water partition coefficient (Wildman–Crippen LogP) is 2.26. The molecule has 1 saturated heterocycles. The maximum atomic E-state index is 13.0. The van der Waals surface area contributed by atoms with Gasteiger partial charge < -0.3 is 10.4 Å². The largest absolute Gasteiger partial charge is 0.388 e. The van der Waals surface area contributed by atoms with Crippen LogP contribution in [0, 0.1) is 5.82 Å². The number of aliphatic hydroxyl groups excluding tert-OH is 1. The van der Waals surface area contributed by atoms with Crippen molar-refractivity contribution in [2.75, 3.05) is 11.5 Å². The molecule has 2 N–H and O–H groups in total. The number of hydrogen-bond acceptors (Lipinski definition) is 3. The number of rotatable bonds is 4. The Hall–Kier alpha value is -1.07. The Kier molecular flexibility index (Phi) is 5.22. The first kappa shape index (κ1) is 14.3. The lowest BCUT2D eigenvalue weighted by Gasteiger charge is -2.23. The van der Waals surface area contributed by atoms with Gasteiger partial charge in [0.1, 0.15) is 5.82 Å². The third kappa shape index (κ3) is 4.51. The first-order valence-corrected chi connectivity index (χ1v) is 7.61. The van der Waals surface area contributed by atoms with Crippen LogP contribution in [0.3, 0.4) is 0 Å². The van der Waals surface area contributed by atoms with Crippen molar-refractivity contribution in [1.29, 1.82) is 0 Å². The van der Waals surface area contributed by atoms with Crippen LogP contribution in [0.1, 0.15) is 30.9 Å². The van der Waals surface area contributed by atoms with Gasteiger partial charge in [-0.2, -0.15) is 11.8 Å². The van der Waals surface area contributed by atoms with Crippen molar-refractivity contribution in [3.05, 3.63) is 35.6 Å². The zero-order valence-corrected chi connectivity index (χ0v) is 11.5. The molecular weight excluding hydrogens is 265 g/mol. The summed E-state index contributed by atoms with van der Waals surface area (Å²) in [5.74, 6) is 1.50. The van der Waals surface area contributed by atoms with E-state index in [4.69, 9.17) is 0 Å². The normalized spacial score (nSPS) is 20.8. The van der Waals surface area contributed by atoms with Gasteiger partial charge >= 0.3 is 0 Å². The molecule has 19 heavy (non-hydrogen) atoms. The summed E-state index contributed by atoms with van der Waals surface area (Å²) < 4.78 is 13.0. The minimum Gasteiger partial charge on any atom is -0.388 e.